The van der Waals surface area contributed by atoms with Gasteiger partial charge < -0.3 is 13.6 Å². The zero-order valence-electron chi connectivity index (χ0n) is 17.0. The SMILES string of the molecule is CC(C)(C)[Si](C)(C)O[C@@H]1C(Br)=C[C@@H](O[Si](C)(C)C(C)(C)C)[C@@H]2O[C@@H]21. The zero-order chi connectivity index (χ0) is 18.7. The van der Waals surface area contributed by atoms with E-state index >= 15 is 0 Å². The van der Waals surface area contributed by atoms with Gasteiger partial charge in [0.1, 0.15) is 18.3 Å². The van der Waals surface area contributed by atoms with Crippen LogP contribution in [0.3, 0.4) is 0 Å². The van der Waals surface area contributed by atoms with Gasteiger partial charge in [0.25, 0.3) is 0 Å². The third kappa shape index (κ3) is 4.09. The molecule has 2 aliphatic rings. The molecule has 0 unspecified atom stereocenters. The van der Waals surface area contributed by atoms with Crippen molar-refractivity contribution in [1.82, 2.24) is 0 Å². The minimum atomic E-state index is -1.83. The molecule has 24 heavy (non-hydrogen) atoms. The third-order valence-electron chi connectivity index (χ3n) is 6.24. The molecule has 3 nitrogen and oxygen atoms in total. The van der Waals surface area contributed by atoms with Crippen LogP contribution in [0.4, 0.5) is 0 Å². The first-order chi connectivity index (χ1) is 10.6. The van der Waals surface area contributed by atoms with Crippen molar-refractivity contribution in [2.24, 2.45) is 0 Å². The Morgan fingerprint density at radius 3 is 1.79 bits per heavy atom. The van der Waals surface area contributed by atoms with Crippen molar-refractivity contribution in [3.8, 4) is 0 Å². The molecule has 0 aromatic carbocycles. The van der Waals surface area contributed by atoms with E-state index in [9.17, 15) is 0 Å². The summed E-state index contributed by atoms with van der Waals surface area (Å²) in [6.07, 6.45) is 2.54. The second-order valence-electron chi connectivity index (χ2n) is 10.3. The first-order valence-electron chi connectivity index (χ1n) is 8.95. The van der Waals surface area contributed by atoms with Gasteiger partial charge in [-0.25, -0.2) is 0 Å². The van der Waals surface area contributed by atoms with Gasteiger partial charge >= 0.3 is 0 Å². The lowest BCUT2D eigenvalue weighted by atomic mass is 10.0. The molecule has 0 radical (unpaired) electrons. The molecule has 0 bridgehead atoms. The fourth-order valence-electron chi connectivity index (χ4n) is 2.38. The van der Waals surface area contributed by atoms with E-state index < -0.39 is 16.6 Å². The highest BCUT2D eigenvalue weighted by atomic mass is 79.9. The molecule has 0 aromatic rings. The van der Waals surface area contributed by atoms with Gasteiger partial charge in [-0.2, -0.15) is 0 Å². The van der Waals surface area contributed by atoms with Crippen molar-refractivity contribution in [3.63, 3.8) is 0 Å². The Labute approximate surface area is 158 Å². The quantitative estimate of drug-likeness (QED) is 0.411. The number of fused-ring (bicyclic) bond motifs is 1. The largest absolute Gasteiger partial charge is 0.408 e. The average Bonchev–Trinajstić information content (AvgIpc) is 3.11. The lowest BCUT2D eigenvalue weighted by Crippen LogP contribution is -2.49. The fraction of sp³-hybridized carbons (Fsp3) is 0.889. The number of halogens is 1. The normalized spacial score (nSPS) is 31.5. The standard InChI is InChI=1S/C18H35BrO3Si2/c1-17(2,3)23(7,8)21-13-11-12(19)14(16-15(13)20-16)22-24(9,10)18(4,5)6/h11,13-16H,1-10H3/t13-,14-,15+,16-/m1/s1. The lowest BCUT2D eigenvalue weighted by Gasteiger charge is -2.41. The molecule has 1 saturated heterocycles. The van der Waals surface area contributed by atoms with Crippen LogP contribution in [0.15, 0.2) is 10.6 Å². The van der Waals surface area contributed by atoms with Gasteiger partial charge in [-0.15, -0.1) is 0 Å². The summed E-state index contributed by atoms with van der Waals surface area (Å²) in [6.45, 7) is 22.8. The van der Waals surface area contributed by atoms with Crippen LogP contribution in [0.5, 0.6) is 0 Å². The first kappa shape index (κ1) is 20.8. The van der Waals surface area contributed by atoms with E-state index in [1.807, 2.05) is 0 Å². The summed E-state index contributed by atoms with van der Waals surface area (Å²) in [5.41, 5.74) is 0. The monoisotopic (exact) mass is 434 g/mol. The molecule has 0 aromatic heterocycles. The van der Waals surface area contributed by atoms with E-state index in [0.717, 1.165) is 4.48 Å². The number of rotatable bonds is 4. The number of ether oxygens (including phenoxy) is 1. The zero-order valence-corrected chi connectivity index (χ0v) is 20.6. The number of epoxide rings is 1. The first-order valence-corrected chi connectivity index (χ1v) is 15.6. The minimum Gasteiger partial charge on any atom is -0.408 e. The molecule has 0 amide bonds. The van der Waals surface area contributed by atoms with Gasteiger partial charge in [0.15, 0.2) is 16.6 Å². The molecule has 1 fully saturated rings. The fourth-order valence-corrected chi connectivity index (χ4v) is 5.66. The van der Waals surface area contributed by atoms with Crippen molar-refractivity contribution in [2.45, 2.75) is 102 Å². The van der Waals surface area contributed by atoms with Crippen molar-refractivity contribution in [1.29, 1.82) is 0 Å². The maximum absolute atomic E-state index is 6.61. The van der Waals surface area contributed by atoms with Crippen molar-refractivity contribution >= 4 is 32.6 Å². The molecular weight excluding hydrogens is 400 g/mol. The molecule has 1 heterocycles. The number of hydrogen-bond donors (Lipinski definition) is 0. The van der Waals surface area contributed by atoms with E-state index in [0.29, 0.717) is 0 Å². The van der Waals surface area contributed by atoms with Crippen molar-refractivity contribution in [3.05, 3.63) is 10.6 Å². The third-order valence-corrected chi connectivity index (χ3v) is 15.9. The summed E-state index contributed by atoms with van der Waals surface area (Å²) in [5, 5.41) is 0.394. The predicted molar refractivity (Wildman–Crippen MR) is 110 cm³/mol. The van der Waals surface area contributed by atoms with Crippen LogP contribution in [0.2, 0.25) is 36.3 Å². The minimum absolute atomic E-state index is 0.0233. The Kier molecular flexibility index (Phi) is 5.48. The second-order valence-corrected chi connectivity index (χ2v) is 20.7. The molecule has 1 aliphatic heterocycles. The van der Waals surface area contributed by atoms with E-state index in [2.05, 4.69) is 89.7 Å². The molecule has 1 aliphatic carbocycles. The maximum atomic E-state index is 6.61. The van der Waals surface area contributed by atoms with E-state index in [1.54, 1.807) is 0 Å². The highest BCUT2D eigenvalue weighted by Gasteiger charge is 2.57. The molecule has 4 atom stereocenters. The molecule has 0 saturated carbocycles. The summed E-state index contributed by atoms with van der Waals surface area (Å²) in [6, 6.07) is 0. The molecule has 6 heteroatoms. The average molecular weight is 436 g/mol. The van der Waals surface area contributed by atoms with Crippen LogP contribution in [0, 0.1) is 0 Å². The Morgan fingerprint density at radius 1 is 0.875 bits per heavy atom. The van der Waals surface area contributed by atoms with Crippen LogP contribution >= 0.6 is 15.9 Å². The van der Waals surface area contributed by atoms with Gasteiger partial charge in [0, 0.05) is 4.48 Å². The Morgan fingerprint density at radius 2 is 1.33 bits per heavy atom. The molecule has 140 valence electrons. The molecule has 0 N–H and O–H groups in total. The van der Waals surface area contributed by atoms with E-state index in [1.165, 1.54) is 0 Å². The van der Waals surface area contributed by atoms with Crippen molar-refractivity contribution in [2.75, 3.05) is 0 Å². The van der Waals surface area contributed by atoms with Crippen LogP contribution < -0.4 is 0 Å². The highest BCUT2D eigenvalue weighted by molar-refractivity contribution is 9.11. The van der Waals surface area contributed by atoms with Gasteiger partial charge in [-0.1, -0.05) is 57.5 Å². The van der Waals surface area contributed by atoms with Gasteiger partial charge in [-0.05, 0) is 42.3 Å². The van der Waals surface area contributed by atoms with Crippen LogP contribution in [0.25, 0.3) is 0 Å². The topological polar surface area (TPSA) is 31.0 Å². The predicted octanol–water partition coefficient (Wildman–Crippen LogP) is 5.83. The van der Waals surface area contributed by atoms with Gasteiger partial charge in [0.2, 0.25) is 0 Å². The van der Waals surface area contributed by atoms with Crippen LogP contribution in [0.1, 0.15) is 41.5 Å². The Bertz CT molecular complexity index is 517. The van der Waals surface area contributed by atoms with Crippen LogP contribution in [-0.2, 0) is 13.6 Å². The Balaban J connectivity index is 2.13. The second kappa shape index (κ2) is 6.31. The smallest absolute Gasteiger partial charge is 0.193 e. The molecule has 0 spiro atoms. The summed E-state index contributed by atoms with van der Waals surface area (Å²) < 4.78 is 20.3. The lowest BCUT2D eigenvalue weighted by molar-refractivity contribution is 0.177. The number of hydrogen-bond acceptors (Lipinski definition) is 3. The summed E-state index contributed by atoms with van der Waals surface area (Å²) >= 11 is 3.75. The Hall–Kier alpha value is 0.534. The highest BCUT2D eigenvalue weighted by Crippen LogP contribution is 2.48. The van der Waals surface area contributed by atoms with Gasteiger partial charge in [0.05, 0.1) is 6.10 Å². The summed E-state index contributed by atoms with van der Waals surface area (Å²) in [4.78, 5) is 0. The summed E-state index contributed by atoms with van der Waals surface area (Å²) in [5.74, 6) is 0. The summed E-state index contributed by atoms with van der Waals surface area (Å²) in [7, 11) is -3.64. The molecule has 2 rings (SSSR count). The van der Waals surface area contributed by atoms with E-state index in [4.69, 9.17) is 13.6 Å². The van der Waals surface area contributed by atoms with Crippen molar-refractivity contribution < 1.29 is 13.6 Å². The van der Waals surface area contributed by atoms with E-state index in [-0.39, 0.29) is 34.5 Å². The van der Waals surface area contributed by atoms with Crippen LogP contribution in [-0.4, -0.2) is 41.1 Å². The molecular formula is C18H35BrO3Si2. The van der Waals surface area contributed by atoms with Gasteiger partial charge in [-0.3, -0.25) is 0 Å². The maximum Gasteiger partial charge on any atom is 0.193 e.